The van der Waals surface area contributed by atoms with E-state index in [1.807, 2.05) is 6.20 Å². The predicted octanol–water partition coefficient (Wildman–Crippen LogP) is 5.03. The van der Waals surface area contributed by atoms with E-state index in [9.17, 15) is 0 Å². The van der Waals surface area contributed by atoms with Gasteiger partial charge in [-0.15, -0.1) is 0 Å². The minimum atomic E-state index is 0.991. The van der Waals surface area contributed by atoms with E-state index in [0.29, 0.717) is 0 Å². The summed E-state index contributed by atoms with van der Waals surface area (Å²) in [7, 11) is 0. The fourth-order valence-corrected chi connectivity index (χ4v) is 3.09. The molecule has 0 N–H and O–H groups in total. The molecule has 0 fully saturated rings. The van der Waals surface area contributed by atoms with E-state index in [2.05, 4.69) is 78.1 Å². The van der Waals surface area contributed by atoms with Gasteiger partial charge in [0.1, 0.15) is 0 Å². The zero-order valence-corrected chi connectivity index (χ0v) is 12.9. The summed E-state index contributed by atoms with van der Waals surface area (Å²) in [5.41, 5.74) is 6.15. The first kappa shape index (κ1) is 13.1. The maximum absolute atomic E-state index is 4.66. The molecule has 2 nitrogen and oxygen atoms in total. The number of aromatic nitrogens is 2. The highest BCUT2D eigenvalue weighted by Gasteiger charge is 2.12. The average Bonchev–Trinajstić information content (AvgIpc) is 2.99. The topological polar surface area (TPSA) is 17.3 Å². The Hall–Kier alpha value is -2.61. The minimum Gasteiger partial charge on any atom is -0.232 e. The van der Waals surface area contributed by atoms with Gasteiger partial charge in [0.2, 0.25) is 0 Å². The second kappa shape index (κ2) is 4.99. The standard InChI is InChI=1S/C20H18N2/c1-3-15-13-21-22-19(16-10-8-14(2)9-11-16)12-17-6-4-5-7-18(17)20(15)22/h4-13H,3H2,1-2H3. The number of aryl methyl sites for hydroxylation is 2. The molecule has 0 atom stereocenters. The van der Waals surface area contributed by atoms with E-state index >= 15 is 0 Å². The lowest BCUT2D eigenvalue weighted by Gasteiger charge is -2.10. The predicted molar refractivity (Wildman–Crippen MR) is 92.2 cm³/mol. The fraction of sp³-hybridized carbons (Fsp3) is 0.150. The van der Waals surface area contributed by atoms with Crippen LogP contribution in [-0.4, -0.2) is 9.61 Å². The Morgan fingerprint density at radius 3 is 2.55 bits per heavy atom. The van der Waals surface area contributed by atoms with Gasteiger partial charge in [-0.2, -0.15) is 5.10 Å². The SMILES string of the molecule is CCc1cnn2c(-c3ccc(C)cc3)cc3ccccc3c12. The zero-order valence-electron chi connectivity index (χ0n) is 12.9. The lowest BCUT2D eigenvalue weighted by atomic mass is 10.0. The van der Waals surface area contributed by atoms with Crippen molar-refractivity contribution in [3.63, 3.8) is 0 Å². The van der Waals surface area contributed by atoms with Gasteiger partial charge < -0.3 is 0 Å². The van der Waals surface area contributed by atoms with Crippen LogP contribution in [0.15, 0.2) is 60.8 Å². The van der Waals surface area contributed by atoms with Crippen molar-refractivity contribution >= 4 is 16.3 Å². The summed E-state index contributed by atoms with van der Waals surface area (Å²) in [6.45, 7) is 4.30. The largest absolute Gasteiger partial charge is 0.232 e. The number of nitrogens with zero attached hydrogens (tertiary/aromatic N) is 2. The Balaban J connectivity index is 2.13. The molecule has 0 amide bonds. The third-order valence-corrected chi connectivity index (χ3v) is 4.31. The first-order valence-electron chi connectivity index (χ1n) is 7.73. The molecule has 0 saturated heterocycles. The van der Waals surface area contributed by atoms with Crippen LogP contribution >= 0.6 is 0 Å². The first-order chi connectivity index (χ1) is 10.8. The normalized spacial score (nSPS) is 11.4. The van der Waals surface area contributed by atoms with Gasteiger partial charge in [0.25, 0.3) is 0 Å². The number of hydrogen-bond donors (Lipinski definition) is 0. The monoisotopic (exact) mass is 286 g/mol. The van der Waals surface area contributed by atoms with E-state index in [1.165, 1.54) is 33.0 Å². The maximum atomic E-state index is 4.66. The van der Waals surface area contributed by atoms with Crippen molar-refractivity contribution in [3.05, 3.63) is 71.9 Å². The summed E-state index contributed by atoms with van der Waals surface area (Å²) < 4.78 is 2.09. The van der Waals surface area contributed by atoms with Crippen molar-refractivity contribution < 1.29 is 0 Å². The number of hydrogen-bond acceptors (Lipinski definition) is 1. The van der Waals surface area contributed by atoms with Gasteiger partial charge >= 0.3 is 0 Å². The van der Waals surface area contributed by atoms with Crippen molar-refractivity contribution in [2.24, 2.45) is 0 Å². The Morgan fingerprint density at radius 1 is 1.00 bits per heavy atom. The van der Waals surface area contributed by atoms with Gasteiger partial charge in [0.05, 0.1) is 17.4 Å². The third-order valence-electron chi connectivity index (χ3n) is 4.31. The quantitative estimate of drug-likeness (QED) is 0.505. The van der Waals surface area contributed by atoms with Crippen molar-refractivity contribution in [2.45, 2.75) is 20.3 Å². The number of fused-ring (bicyclic) bond motifs is 3. The molecule has 108 valence electrons. The summed E-state index contributed by atoms with van der Waals surface area (Å²) in [6.07, 6.45) is 2.99. The van der Waals surface area contributed by atoms with Gasteiger partial charge in [-0.3, -0.25) is 0 Å². The van der Waals surface area contributed by atoms with E-state index < -0.39 is 0 Å². The highest BCUT2D eigenvalue weighted by Crippen LogP contribution is 2.30. The van der Waals surface area contributed by atoms with Gasteiger partial charge in [-0.05, 0) is 30.4 Å². The van der Waals surface area contributed by atoms with Gasteiger partial charge in [-0.1, -0.05) is 61.0 Å². The van der Waals surface area contributed by atoms with Crippen LogP contribution in [0.1, 0.15) is 18.1 Å². The molecule has 0 aliphatic carbocycles. The van der Waals surface area contributed by atoms with Crippen LogP contribution < -0.4 is 0 Å². The molecule has 22 heavy (non-hydrogen) atoms. The molecule has 0 radical (unpaired) electrons. The lowest BCUT2D eigenvalue weighted by Crippen LogP contribution is -1.95. The molecule has 2 heteroatoms. The highest BCUT2D eigenvalue weighted by molar-refractivity contribution is 5.99. The summed E-state index contributed by atoms with van der Waals surface area (Å²) in [4.78, 5) is 0. The molecule has 0 aliphatic rings. The molecule has 0 bridgehead atoms. The van der Waals surface area contributed by atoms with Gasteiger partial charge in [-0.25, -0.2) is 4.52 Å². The molecule has 2 aromatic heterocycles. The second-order valence-electron chi connectivity index (χ2n) is 5.77. The fourth-order valence-electron chi connectivity index (χ4n) is 3.09. The number of rotatable bonds is 2. The maximum Gasteiger partial charge on any atom is 0.0779 e. The minimum absolute atomic E-state index is 0.991. The van der Waals surface area contributed by atoms with Crippen molar-refractivity contribution in [2.75, 3.05) is 0 Å². The second-order valence-corrected chi connectivity index (χ2v) is 5.77. The van der Waals surface area contributed by atoms with Crippen LogP contribution in [0, 0.1) is 6.92 Å². The molecule has 0 spiro atoms. The lowest BCUT2D eigenvalue weighted by molar-refractivity contribution is 0.975. The van der Waals surface area contributed by atoms with E-state index in [4.69, 9.17) is 0 Å². The smallest absolute Gasteiger partial charge is 0.0779 e. The van der Waals surface area contributed by atoms with Crippen LogP contribution in [0.25, 0.3) is 27.5 Å². The molecule has 4 rings (SSSR count). The summed E-state index contributed by atoms with van der Waals surface area (Å²) in [5.74, 6) is 0. The van der Waals surface area contributed by atoms with E-state index in [0.717, 1.165) is 12.1 Å². The molecular formula is C20H18N2. The summed E-state index contributed by atoms with van der Waals surface area (Å²) >= 11 is 0. The van der Waals surface area contributed by atoms with E-state index in [-0.39, 0.29) is 0 Å². The summed E-state index contributed by atoms with van der Waals surface area (Å²) in [6, 6.07) is 19.4. The van der Waals surface area contributed by atoms with Crippen LogP contribution in [0.3, 0.4) is 0 Å². The first-order valence-corrected chi connectivity index (χ1v) is 7.73. The third kappa shape index (κ3) is 1.92. The number of pyridine rings is 1. The molecule has 2 heterocycles. The Morgan fingerprint density at radius 2 is 1.77 bits per heavy atom. The van der Waals surface area contributed by atoms with Gasteiger partial charge in [0.15, 0.2) is 0 Å². The molecular weight excluding hydrogens is 268 g/mol. The molecule has 4 aromatic rings. The van der Waals surface area contributed by atoms with Crippen LogP contribution in [-0.2, 0) is 6.42 Å². The summed E-state index contributed by atoms with van der Waals surface area (Å²) in [5, 5.41) is 7.19. The Kier molecular flexibility index (Phi) is 2.97. The molecule has 0 aliphatic heterocycles. The Bertz CT molecular complexity index is 962. The molecule has 2 aromatic carbocycles. The average molecular weight is 286 g/mol. The molecule has 0 unspecified atom stereocenters. The number of benzene rings is 2. The van der Waals surface area contributed by atoms with Crippen molar-refractivity contribution in [1.29, 1.82) is 0 Å². The Labute approximate surface area is 130 Å². The van der Waals surface area contributed by atoms with Crippen molar-refractivity contribution in [1.82, 2.24) is 9.61 Å². The zero-order chi connectivity index (χ0) is 15.1. The van der Waals surface area contributed by atoms with Gasteiger partial charge in [0, 0.05) is 10.9 Å². The van der Waals surface area contributed by atoms with Crippen LogP contribution in [0.4, 0.5) is 0 Å². The van der Waals surface area contributed by atoms with E-state index in [1.54, 1.807) is 0 Å². The van der Waals surface area contributed by atoms with Crippen LogP contribution in [0.2, 0.25) is 0 Å². The highest BCUT2D eigenvalue weighted by atomic mass is 15.2. The van der Waals surface area contributed by atoms with Crippen molar-refractivity contribution in [3.8, 4) is 11.3 Å². The van der Waals surface area contributed by atoms with Crippen LogP contribution in [0.5, 0.6) is 0 Å². The molecule has 0 saturated carbocycles.